The third kappa shape index (κ3) is 5.92. The van der Waals surface area contributed by atoms with Gasteiger partial charge in [0.1, 0.15) is 0 Å². The van der Waals surface area contributed by atoms with Crippen molar-refractivity contribution in [2.45, 2.75) is 57.5 Å². The fourth-order valence-electron chi connectivity index (χ4n) is 4.33. The third-order valence-electron chi connectivity index (χ3n) is 5.97. The van der Waals surface area contributed by atoms with Crippen molar-refractivity contribution in [2.75, 3.05) is 13.1 Å². The number of aromatic nitrogens is 2. The average Bonchev–Trinajstić information content (AvgIpc) is 3.10. The zero-order valence-corrected chi connectivity index (χ0v) is 17.3. The molecule has 1 aliphatic heterocycles. The van der Waals surface area contributed by atoms with Crippen LogP contribution in [-0.4, -0.2) is 29.3 Å². The van der Waals surface area contributed by atoms with E-state index in [-0.39, 0.29) is 24.8 Å². The fraction of sp³-hybridized carbons (Fsp3) is 0.600. The molecule has 1 saturated heterocycles. The average molecular weight is 413 g/mol. The Hall–Kier alpha value is -1.14. The van der Waals surface area contributed by atoms with E-state index in [1.807, 2.05) is 18.2 Å². The first-order chi connectivity index (χ1) is 12.3. The van der Waals surface area contributed by atoms with E-state index in [1.165, 1.54) is 57.2 Å². The molecule has 0 amide bonds. The van der Waals surface area contributed by atoms with Crippen LogP contribution in [0.3, 0.4) is 0 Å². The van der Waals surface area contributed by atoms with Gasteiger partial charge in [-0.25, -0.2) is 0 Å². The summed E-state index contributed by atoms with van der Waals surface area (Å²) in [7, 11) is 0. The van der Waals surface area contributed by atoms with Gasteiger partial charge in [0.15, 0.2) is 5.82 Å². The van der Waals surface area contributed by atoms with Crippen molar-refractivity contribution in [1.29, 1.82) is 0 Å². The van der Waals surface area contributed by atoms with Gasteiger partial charge in [-0.1, -0.05) is 35.5 Å². The summed E-state index contributed by atoms with van der Waals surface area (Å²) >= 11 is 0. The van der Waals surface area contributed by atoms with Crippen LogP contribution < -0.4 is 10.6 Å². The molecule has 0 atom stereocenters. The van der Waals surface area contributed by atoms with Crippen LogP contribution in [0.5, 0.6) is 0 Å². The highest BCUT2D eigenvalue weighted by molar-refractivity contribution is 5.85. The minimum absolute atomic E-state index is 0. The van der Waals surface area contributed by atoms with Gasteiger partial charge in [-0.05, 0) is 62.6 Å². The lowest BCUT2D eigenvalue weighted by Crippen LogP contribution is -2.43. The maximum atomic E-state index is 5.39. The van der Waals surface area contributed by atoms with Gasteiger partial charge in [-0.2, -0.15) is 4.98 Å². The van der Waals surface area contributed by atoms with Gasteiger partial charge in [-0.15, -0.1) is 24.8 Å². The molecule has 7 heteroatoms. The molecule has 1 aromatic carbocycles. The molecule has 1 aromatic heterocycles. The number of nitrogens with zero attached hydrogens (tertiary/aromatic N) is 2. The molecule has 2 aromatic rings. The molecule has 27 heavy (non-hydrogen) atoms. The van der Waals surface area contributed by atoms with E-state index in [0.717, 1.165) is 5.82 Å². The van der Waals surface area contributed by atoms with Crippen LogP contribution in [0.2, 0.25) is 0 Å². The Labute approximate surface area is 173 Å². The maximum absolute atomic E-state index is 5.39. The quantitative estimate of drug-likeness (QED) is 0.779. The van der Waals surface area contributed by atoms with Gasteiger partial charge in [0.25, 0.3) is 0 Å². The highest BCUT2D eigenvalue weighted by Crippen LogP contribution is 2.43. The Morgan fingerprint density at radius 3 is 2.44 bits per heavy atom. The van der Waals surface area contributed by atoms with Crippen molar-refractivity contribution in [3.63, 3.8) is 0 Å². The Morgan fingerprint density at radius 2 is 1.74 bits per heavy atom. The van der Waals surface area contributed by atoms with Crippen molar-refractivity contribution in [3.8, 4) is 0 Å². The van der Waals surface area contributed by atoms with Crippen molar-refractivity contribution in [1.82, 2.24) is 20.8 Å². The molecule has 0 radical (unpaired) electrons. The van der Waals surface area contributed by atoms with Crippen LogP contribution in [0, 0.1) is 5.41 Å². The predicted molar refractivity (Wildman–Crippen MR) is 112 cm³/mol. The molecule has 150 valence electrons. The second-order valence-electron chi connectivity index (χ2n) is 7.67. The number of hydrogen-bond donors (Lipinski definition) is 2. The van der Waals surface area contributed by atoms with Gasteiger partial charge >= 0.3 is 0 Å². The molecule has 1 spiro atoms. The third-order valence-corrected chi connectivity index (χ3v) is 5.97. The molecule has 0 unspecified atom stereocenters. The standard InChI is InChI=1S/C20H28N4O.2ClH/c1-2-4-16(5-3-1)14-19-23-18(24-25-19)15-22-17-6-8-20(9-7-17)10-12-21-13-11-20;;/h1-5,17,21-22H,6-15H2;2*1H. The molecule has 0 bridgehead atoms. The van der Waals surface area contributed by atoms with E-state index in [0.29, 0.717) is 30.3 Å². The van der Waals surface area contributed by atoms with E-state index in [9.17, 15) is 0 Å². The van der Waals surface area contributed by atoms with Crippen molar-refractivity contribution in [3.05, 3.63) is 47.6 Å². The summed E-state index contributed by atoms with van der Waals surface area (Å²) in [6.45, 7) is 3.10. The molecule has 2 fully saturated rings. The molecule has 4 rings (SSSR count). The van der Waals surface area contributed by atoms with E-state index in [1.54, 1.807) is 0 Å². The van der Waals surface area contributed by atoms with Crippen molar-refractivity contribution in [2.24, 2.45) is 5.41 Å². The summed E-state index contributed by atoms with van der Waals surface area (Å²) in [4.78, 5) is 4.52. The smallest absolute Gasteiger partial charge is 0.231 e. The van der Waals surface area contributed by atoms with Crippen LogP contribution in [0.1, 0.15) is 55.8 Å². The van der Waals surface area contributed by atoms with Gasteiger partial charge in [0.2, 0.25) is 5.89 Å². The van der Waals surface area contributed by atoms with Crippen LogP contribution in [0.4, 0.5) is 0 Å². The predicted octanol–water partition coefficient (Wildman–Crippen LogP) is 3.91. The Balaban J connectivity index is 0.00000131. The summed E-state index contributed by atoms with van der Waals surface area (Å²) in [5.41, 5.74) is 1.82. The minimum Gasteiger partial charge on any atom is -0.339 e. The lowest BCUT2D eigenvalue weighted by molar-refractivity contribution is 0.115. The van der Waals surface area contributed by atoms with E-state index < -0.39 is 0 Å². The van der Waals surface area contributed by atoms with Gasteiger partial charge in [0.05, 0.1) is 13.0 Å². The van der Waals surface area contributed by atoms with E-state index in [2.05, 4.69) is 32.9 Å². The second-order valence-corrected chi connectivity index (χ2v) is 7.67. The van der Waals surface area contributed by atoms with E-state index in [4.69, 9.17) is 4.52 Å². The lowest BCUT2D eigenvalue weighted by Gasteiger charge is -2.43. The summed E-state index contributed by atoms with van der Waals surface area (Å²) in [6, 6.07) is 10.8. The summed E-state index contributed by atoms with van der Waals surface area (Å²) in [5.74, 6) is 1.47. The van der Waals surface area contributed by atoms with Gasteiger partial charge < -0.3 is 15.2 Å². The Morgan fingerprint density at radius 1 is 1.04 bits per heavy atom. The maximum Gasteiger partial charge on any atom is 0.231 e. The summed E-state index contributed by atoms with van der Waals surface area (Å²) in [5, 5.41) is 11.3. The van der Waals surface area contributed by atoms with Crippen molar-refractivity contribution >= 4 is 24.8 Å². The molecule has 1 aliphatic carbocycles. The monoisotopic (exact) mass is 412 g/mol. The zero-order chi connectivity index (χ0) is 17.0. The second kappa shape index (κ2) is 10.4. The van der Waals surface area contributed by atoms with Crippen LogP contribution in [-0.2, 0) is 13.0 Å². The topological polar surface area (TPSA) is 63.0 Å². The highest BCUT2D eigenvalue weighted by Gasteiger charge is 2.35. The zero-order valence-electron chi connectivity index (χ0n) is 15.7. The fourth-order valence-corrected chi connectivity index (χ4v) is 4.33. The number of nitrogens with one attached hydrogen (secondary N) is 2. The molecule has 2 aliphatic rings. The molecular weight excluding hydrogens is 383 g/mol. The number of benzene rings is 1. The largest absolute Gasteiger partial charge is 0.339 e. The van der Waals surface area contributed by atoms with Crippen LogP contribution >= 0.6 is 24.8 Å². The Bertz CT molecular complexity index is 664. The van der Waals surface area contributed by atoms with Gasteiger partial charge in [0, 0.05) is 6.04 Å². The van der Waals surface area contributed by atoms with Crippen LogP contribution in [0.15, 0.2) is 34.9 Å². The summed E-state index contributed by atoms with van der Waals surface area (Å²) < 4.78 is 5.39. The van der Waals surface area contributed by atoms with E-state index >= 15 is 0 Å². The molecule has 2 heterocycles. The number of rotatable bonds is 5. The number of piperidine rings is 1. The number of hydrogen-bond acceptors (Lipinski definition) is 5. The first-order valence-electron chi connectivity index (χ1n) is 9.61. The normalized spacial score (nSPS) is 19.3. The van der Waals surface area contributed by atoms with Crippen LogP contribution in [0.25, 0.3) is 0 Å². The van der Waals surface area contributed by atoms with Gasteiger partial charge in [-0.3, -0.25) is 0 Å². The SMILES string of the molecule is Cl.Cl.c1ccc(Cc2nc(CNC3CCC4(CCNCC4)CC3)no2)cc1. The molecule has 5 nitrogen and oxygen atoms in total. The summed E-state index contributed by atoms with van der Waals surface area (Å²) in [6.07, 6.45) is 8.67. The first kappa shape index (κ1) is 22.2. The molecule has 2 N–H and O–H groups in total. The lowest BCUT2D eigenvalue weighted by atomic mass is 9.67. The Kier molecular flexibility index (Phi) is 8.55. The highest BCUT2D eigenvalue weighted by atomic mass is 35.5. The number of halogens is 2. The van der Waals surface area contributed by atoms with Crippen molar-refractivity contribution < 1.29 is 4.52 Å². The molecular formula is C20H30Cl2N4O. The molecule has 1 saturated carbocycles. The first-order valence-corrected chi connectivity index (χ1v) is 9.61. The minimum atomic E-state index is 0.